The number of pyridine rings is 1. The van der Waals surface area contributed by atoms with Crippen molar-refractivity contribution in [3.8, 4) is 34.1 Å². The van der Waals surface area contributed by atoms with Crippen molar-refractivity contribution in [2.24, 2.45) is 0 Å². The van der Waals surface area contributed by atoms with Gasteiger partial charge >= 0.3 is 0 Å². The summed E-state index contributed by atoms with van der Waals surface area (Å²) in [6.45, 7) is 0.0279. The van der Waals surface area contributed by atoms with E-state index in [2.05, 4.69) is 0 Å². The number of benzene rings is 2. The third-order valence-electron chi connectivity index (χ3n) is 4.80. The molecule has 7 nitrogen and oxygen atoms in total. The lowest BCUT2D eigenvalue weighted by Crippen LogP contribution is -2.36. The Balaban J connectivity index is 2.09. The maximum absolute atomic E-state index is 13.1. The zero-order chi connectivity index (χ0) is 18.0. The van der Waals surface area contributed by atoms with Gasteiger partial charge in [-0.05, 0) is 12.1 Å². The van der Waals surface area contributed by atoms with Crippen LogP contribution in [0.4, 0.5) is 0 Å². The fourth-order valence-electron chi connectivity index (χ4n) is 3.78. The number of aromatic nitrogens is 1. The van der Waals surface area contributed by atoms with Crippen molar-refractivity contribution >= 4 is 16.6 Å². The van der Waals surface area contributed by atoms with Gasteiger partial charge in [0.15, 0.2) is 17.7 Å². The molecule has 1 aliphatic carbocycles. The fourth-order valence-corrected chi connectivity index (χ4v) is 3.78. The topological polar surface area (TPSA) is 80.9 Å². The van der Waals surface area contributed by atoms with Crippen molar-refractivity contribution in [2.75, 3.05) is 21.0 Å². The van der Waals surface area contributed by atoms with Crippen LogP contribution in [0.1, 0.15) is 16.1 Å². The van der Waals surface area contributed by atoms with Crippen molar-refractivity contribution in [3.63, 3.8) is 0 Å². The van der Waals surface area contributed by atoms with Crippen LogP contribution in [-0.2, 0) is 0 Å². The van der Waals surface area contributed by atoms with Crippen molar-refractivity contribution in [1.82, 2.24) is 0 Å². The predicted octanol–water partition coefficient (Wildman–Crippen LogP) is 2.43. The van der Waals surface area contributed by atoms with Crippen LogP contribution >= 0.6 is 0 Å². The number of ketones is 1. The van der Waals surface area contributed by atoms with Crippen LogP contribution in [0, 0.1) is 5.21 Å². The Morgan fingerprint density at radius 1 is 1.08 bits per heavy atom. The van der Waals surface area contributed by atoms with Crippen LogP contribution in [0.5, 0.6) is 23.0 Å². The first kappa shape index (κ1) is 14.8. The molecule has 1 aromatic heterocycles. The Kier molecular flexibility index (Phi) is 2.86. The Hall–Kier alpha value is -3.48. The first-order valence-electron chi connectivity index (χ1n) is 7.94. The number of ether oxygens (including phenoxy) is 4. The van der Waals surface area contributed by atoms with Gasteiger partial charge < -0.3 is 24.2 Å². The molecule has 0 amide bonds. The van der Waals surface area contributed by atoms with Gasteiger partial charge in [-0.3, -0.25) is 4.79 Å². The van der Waals surface area contributed by atoms with E-state index in [0.717, 1.165) is 0 Å². The van der Waals surface area contributed by atoms with Gasteiger partial charge in [-0.25, -0.2) is 0 Å². The molecule has 0 saturated carbocycles. The molecule has 0 saturated heterocycles. The van der Waals surface area contributed by atoms with E-state index < -0.39 is 0 Å². The molecule has 0 fully saturated rings. The van der Waals surface area contributed by atoms with Crippen LogP contribution in [0.2, 0.25) is 0 Å². The largest absolute Gasteiger partial charge is 0.618 e. The van der Waals surface area contributed by atoms with Gasteiger partial charge in [0.2, 0.25) is 12.5 Å². The van der Waals surface area contributed by atoms with Crippen LogP contribution in [0.15, 0.2) is 30.5 Å². The zero-order valence-electron chi connectivity index (χ0n) is 14.0. The van der Waals surface area contributed by atoms with E-state index in [1.165, 1.54) is 20.4 Å². The van der Waals surface area contributed by atoms with Crippen molar-refractivity contribution in [2.45, 2.75) is 0 Å². The molecule has 5 rings (SSSR count). The average Bonchev–Trinajstić information content (AvgIpc) is 3.14. The molecule has 0 unspecified atom stereocenters. The summed E-state index contributed by atoms with van der Waals surface area (Å²) in [4.78, 5) is 13.1. The second kappa shape index (κ2) is 5.01. The monoisotopic (exact) mass is 351 g/mol. The highest BCUT2D eigenvalue weighted by Crippen LogP contribution is 2.57. The van der Waals surface area contributed by atoms with Crippen LogP contribution in [0.25, 0.3) is 21.9 Å². The van der Waals surface area contributed by atoms with Crippen LogP contribution in [0.3, 0.4) is 0 Å². The van der Waals surface area contributed by atoms with Gasteiger partial charge in [-0.1, -0.05) is 6.07 Å². The normalized spacial score (nSPS) is 13.7. The third-order valence-corrected chi connectivity index (χ3v) is 4.80. The van der Waals surface area contributed by atoms with Crippen LogP contribution < -0.4 is 23.7 Å². The highest BCUT2D eigenvalue weighted by Gasteiger charge is 2.40. The number of methoxy groups -OCH3 is 2. The van der Waals surface area contributed by atoms with E-state index in [4.69, 9.17) is 18.9 Å². The van der Waals surface area contributed by atoms with Gasteiger partial charge in [0.1, 0.15) is 5.75 Å². The summed E-state index contributed by atoms with van der Waals surface area (Å²) in [5.74, 6) is 1.49. The number of hydrogen-bond donors (Lipinski definition) is 0. The van der Waals surface area contributed by atoms with Gasteiger partial charge in [-0.15, -0.1) is 0 Å². The summed E-state index contributed by atoms with van der Waals surface area (Å²) < 4.78 is 22.9. The van der Waals surface area contributed by atoms with E-state index in [0.29, 0.717) is 55.2 Å². The van der Waals surface area contributed by atoms with Crippen LogP contribution in [-0.4, -0.2) is 26.8 Å². The first-order chi connectivity index (χ1) is 12.7. The van der Waals surface area contributed by atoms with E-state index in [9.17, 15) is 10.0 Å². The highest BCUT2D eigenvalue weighted by molar-refractivity contribution is 6.27. The molecule has 26 heavy (non-hydrogen) atoms. The number of carbonyl (C=O) groups is 1. The third kappa shape index (κ3) is 1.62. The summed E-state index contributed by atoms with van der Waals surface area (Å²) in [6, 6.07) is 6.78. The Morgan fingerprint density at radius 3 is 2.65 bits per heavy atom. The molecule has 2 aliphatic rings. The molecule has 2 aromatic carbocycles. The number of fused-ring (bicyclic) bond motifs is 4. The fraction of sp³-hybridized carbons (Fsp3) is 0.158. The lowest BCUT2D eigenvalue weighted by Gasteiger charge is -2.23. The molecule has 1 aliphatic heterocycles. The van der Waals surface area contributed by atoms with E-state index in [1.807, 2.05) is 0 Å². The first-order valence-corrected chi connectivity index (χ1v) is 7.94. The second-order valence-corrected chi connectivity index (χ2v) is 5.96. The smallest absolute Gasteiger partial charge is 0.273 e. The predicted molar refractivity (Wildman–Crippen MR) is 91.0 cm³/mol. The average molecular weight is 351 g/mol. The quantitative estimate of drug-likeness (QED) is 0.408. The minimum absolute atomic E-state index is 0.0279. The zero-order valence-corrected chi connectivity index (χ0v) is 14.0. The number of nitrogens with zero attached hydrogens (tertiary/aromatic N) is 1. The molecule has 0 radical (unpaired) electrons. The van der Waals surface area contributed by atoms with Crippen molar-refractivity contribution < 1.29 is 28.5 Å². The molecule has 0 N–H and O–H groups in total. The SMILES string of the molecule is COc1cccc2c1-c1c3c(c(OC)c4cc[n+]([O-])c(c14)C2=O)OCO3. The van der Waals surface area contributed by atoms with Crippen molar-refractivity contribution in [3.05, 3.63) is 46.9 Å². The molecule has 2 heterocycles. The molecule has 3 aromatic rings. The maximum atomic E-state index is 13.1. The lowest BCUT2D eigenvalue weighted by atomic mass is 9.83. The Morgan fingerprint density at radius 2 is 1.88 bits per heavy atom. The molecule has 0 bridgehead atoms. The molecule has 7 heteroatoms. The molecular weight excluding hydrogens is 338 g/mol. The summed E-state index contributed by atoms with van der Waals surface area (Å²) in [5, 5.41) is 13.6. The van der Waals surface area contributed by atoms with Gasteiger partial charge in [0.25, 0.3) is 11.5 Å². The number of carbonyl (C=O) groups excluding carboxylic acids is 1. The molecular formula is C19H13NO6. The van der Waals surface area contributed by atoms with Gasteiger partial charge in [-0.2, -0.15) is 4.73 Å². The number of hydrogen-bond acceptors (Lipinski definition) is 6. The molecule has 0 spiro atoms. The Labute approximate surface area is 147 Å². The standard InChI is InChI=1S/C19H13NO6/c1-23-11-5-3-4-9-12(11)14-13-10(6-7-20(22)15(13)16(9)21)17(24-2)19-18(14)25-8-26-19/h3-7H,8H2,1-2H3. The summed E-state index contributed by atoms with van der Waals surface area (Å²) in [6.07, 6.45) is 1.30. The Bertz CT molecular complexity index is 1120. The number of rotatable bonds is 2. The van der Waals surface area contributed by atoms with Gasteiger partial charge in [0.05, 0.1) is 19.6 Å². The molecule has 0 atom stereocenters. The van der Waals surface area contributed by atoms with E-state index in [-0.39, 0.29) is 18.3 Å². The van der Waals surface area contributed by atoms with Crippen molar-refractivity contribution in [1.29, 1.82) is 0 Å². The van der Waals surface area contributed by atoms with E-state index in [1.54, 1.807) is 24.3 Å². The highest BCUT2D eigenvalue weighted by atomic mass is 16.7. The van der Waals surface area contributed by atoms with E-state index >= 15 is 0 Å². The second-order valence-electron chi connectivity index (χ2n) is 5.96. The summed E-state index contributed by atoms with van der Waals surface area (Å²) in [7, 11) is 3.04. The lowest BCUT2D eigenvalue weighted by molar-refractivity contribution is -0.605. The summed E-state index contributed by atoms with van der Waals surface area (Å²) in [5.41, 5.74) is 1.63. The summed E-state index contributed by atoms with van der Waals surface area (Å²) >= 11 is 0. The molecule has 130 valence electrons. The minimum atomic E-state index is -0.368. The maximum Gasteiger partial charge on any atom is 0.273 e. The van der Waals surface area contributed by atoms with Gasteiger partial charge in [0, 0.05) is 28.1 Å². The minimum Gasteiger partial charge on any atom is -0.618 e.